The van der Waals surface area contributed by atoms with Crippen LogP contribution in [0.15, 0.2) is 0 Å². The predicted molar refractivity (Wildman–Crippen MR) is 51.4 cm³/mol. The highest BCUT2D eigenvalue weighted by atomic mass is 19.3. The van der Waals surface area contributed by atoms with Crippen LogP contribution in [-0.4, -0.2) is 55.2 Å². The van der Waals surface area contributed by atoms with E-state index in [2.05, 4.69) is 0 Å². The molecule has 2 rings (SSSR count). The van der Waals surface area contributed by atoms with Gasteiger partial charge < -0.3 is 14.4 Å². The first-order valence-corrected chi connectivity index (χ1v) is 5.61. The lowest BCUT2D eigenvalue weighted by Gasteiger charge is -2.39. The fraction of sp³-hybridized carbons (Fsp3) is 0.900. The summed E-state index contributed by atoms with van der Waals surface area (Å²) in [7, 11) is 0. The topological polar surface area (TPSA) is 38.8 Å². The van der Waals surface area contributed by atoms with Gasteiger partial charge in [0, 0.05) is 13.0 Å². The van der Waals surface area contributed by atoms with Crippen molar-refractivity contribution >= 4 is 5.91 Å². The molecule has 8 heteroatoms. The minimum Gasteiger partial charge on any atom is -0.346 e. The van der Waals surface area contributed by atoms with Crippen LogP contribution in [0.3, 0.4) is 0 Å². The molecule has 2 aliphatic heterocycles. The Kier molecular flexibility index (Phi) is 3.50. The van der Waals surface area contributed by atoms with Gasteiger partial charge in [-0.05, 0) is 6.42 Å². The van der Waals surface area contributed by atoms with Gasteiger partial charge in [-0.25, -0.2) is 8.78 Å². The van der Waals surface area contributed by atoms with Crippen molar-refractivity contribution in [2.24, 2.45) is 0 Å². The molecular weight excluding hydrogens is 258 g/mol. The van der Waals surface area contributed by atoms with Gasteiger partial charge in [0.15, 0.2) is 5.79 Å². The van der Waals surface area contributed by atoms with E-state index in [1.807, 2.05) is 0 Å². The smallest absolute Gasteiger partial charge is 0.346 e. The number of ether oxygens (including phenoxy) is 2. The van der Waals surface area contributed by atoms with E-state index >= 15 is 0 Å². The summed E-state index contributed by atoms with van der Waals surface area (Å²) < 4.78 is 60.8. The first-order valence-electron chi connectivity index (χ1n) is 5.61. The average Bonchev–Trinajstić information content (AvgIpc) is 2.76. The molecule has 2 aliphatic rings. The van der Waals surface area contributed by atoms with Crippen LogP contribution in [0, 0.1) is 0 Å². The fourth-order valence-corrected chi connectivity index (χ4v) is 2.20. The molecule has 0 aromatic carbocycles. The molecule has 0 radical (unpaired) electrons. The largest absolute Gasteiger partial charge is 0.383 e. The Balaban J connectivity index is 2.07. The lowest BCUT2D eigenvalue weighted by Crippen LogP contribution is -2.56. The molecule has 0 aromatic heterocycles. The van der Waals surface area contributed by atoms with Gasteiger partial charge in [-0.3, -0.25) is 4.79 Å². The van der Waals surface area contributed by atoms with Crippen LogP contribution in [0.1, 0.15) is 12.8 Å². The van der Waals surface area contributed by atoms with Crippen molar-refractivity contribution in [3.8, 4) is 0 Å². The van der Waals surface area contributed by atoms with Gasteiger partial charge in [0.2, 0.25) is 0 Å². The van der Waals surface area contributed by atoms with E-state index < -0.39 is 24.0 Å². The van der Waals surface area contributed by atoms with Crippen molar-refractivity contribution in [2.75, 3.05) is 26.3 Å². The second-order valence-corrected chi connectivity index (χ2v) is 4.36. The van der Waals surface area contributed by atoms with Crippen LogP contribution < -0.4 is 0 Å². The third-order valence-corrected chi connectivity index (χ3v) is 3.08. The quantitative estimate of drug-likeness (QED) is 0.710. The molecule has 18 heavy (non-hydrogen) atoms. The van der Waals surface area contributed by atoms with Crippen molar-refractivity contribution < 1.29 is 31.8 Å². The third-order valence-electron chi connectivity index (χ3n) is 3.08. The molecular formula is C10H13F4NO3. The Morgan fingerprint density at radius 1 is 1.28 bits per heavy atom. The Hall–Kier alpha value is -0.890. The molecule has 104 valence electrons. The van der Waals surface area contributed by atoms with Crippen LogP contribution in [0.25, 0.3) is 0 Å². The van der Waals surface area contributed by atoms with Crippen LogP contribution in [0.2, 0.25) is 0 Å². The molecule has 0 bridgehead atoms. The molecule has 2 heterocycles. The highest BCUT2D eigenvalue weighted by Gasteiger charge is 2.53. The van der Waals surface area contributed by atoms with Gasteiger partial charge in [0.25, 0.3) is 5.91 Å². The molecule has 0 unspecified atom stereocenters. The standard InChI is InChI=1S/C10H13F4NO3/c11-7(12)10(13,14)8(16)15-3-1-2-9(6-15)17-4-5-18-9/h7H,1-6H2. The van der Waals surface area contributed by atoms with Crippen LogP contribution >= 0.6 is 0 Å². The first-order chi connectivity index (χ1) is 8.37. The Morgan fingerprint density at radius 2 is 1.89 bits per heavy atom. The lowest BCUT2D eigenvalue weighted by atomic mass is 10.0. The van der Waals surface area contributed by atoms with E-state index in [-0.39, 0.29) is 13.1 Å². The average molecular weight is 271 g/mol. The monoisotopic (exact) mass is 271 g/mol. The number of nitrogens with zero attached hydrogens (tertiary/aromatic N) is 1. The van der Waals surface area contributed by atoms with Gasteiger partial charge in [-0.2, -0.15) is 8.78 Å². The van der Waals surface area contributed by atoms with E-state index in [0.717, 1.165) is 0 Å². The molecule has 2 fully saturated rings. The van der Waals surface area contributed by atoms with Crippen LogP contribution in [0.5, 0.6) is 0 Å². The number of alkyl halides is 4. The zero-order valence-corrected chi connectivity index (χ0v) is 9.50. The van der Waals surface area contributed by atoms with E-state index in [9.17, 15) is 22.4 Å². The number of carbonyl (C=O) groups is 1. The number of hydrogen-bond acceptors (Lipinski definition) is 3. The molecule has 0 aliphatic carbocycles. The molecule has 1 spiro atoms. The van der Waals surface area contributed by atoms with E-state index in [4.69, 9.17) is 9.47 Å². The molecule has 2 saturated heterocycles. The molecule has 4 nitrogen and oxygen atoms in total. The summed E-state index contributed by atoms with van der Waals surface area (Å²) >= 11 is 0. The highest BCUT2D eigenvalue weighted by Crippen LogP contribution is 2.33. The highest BCUT2D eigenvalue weighted by molar-refractivity contribution is 5.84. The third kappa shape index (κ3) is 2.31. The summed E-state index contributed by atoms with van der Waals surface area (Å²) in [5.74, 6) is -7.61. The molecule has 0 atom stereocenters. The normalized spacial score (nSPS) is 23.9. The summed E-state index contributed by atoms with van der Waals surface area (Å²) in [6.45, 7) is 0.407. The minimum atomic E-state index is -4.66. The fourth-order valence-electron chi connectivity index (χ4n) is 2.20. The molecule has 0 saturated carbocycles. The first kappa shape index (κ1) is 13.5. The van der Waals surface area contributed by atoms with E-state index in [1.165, 1.54) is 0 Å². The van der Waals surface area contributed by atoms with E-state index in [0.29, 0.717) is 31.0 Å². The summed E-state index contributed by atoms with van der Waals surface area (Å²) in [4.78, 5) is 12.1. The van der Waals surface area contributed by atoms with Gasteiger partial charge in [0.05, 0.1) is 19.8 Å². The predicted octanol–water partition coefficient (Wildman–Crippen LogP) is 1.25. The van der Waals surface area contributed by atoms with Gasteiger partial charge in [-0.1, -0.05) is 0 Å². The molecule has 1 amide bonds. The van der Waals surface area contributed by atoms with Gasteiger partial charge in [-0.15, -0.1) is 0 Å². The van der Waals surface area contributed by atoms with Crippen molar-refractivity contribution in [3.63, 3.8) is 0 Å². The second-order valence-electron chi connectivity index (χ2n) is 4.36. The zero-order chi connectivity index (χ0) is 13.4. The SMILES string of the molecule is O=C(N1CCCC2(C1)OCCO2)C(F)(F)C(F)F. The number of amides is 1. The summed E-state index contributed by atoms with van der Waals surface area (Å²) in [6, 6.07) is 0. The Morgan fingerprint density at radius 3 is 2.44 bits per heavy atom. The number of hydrogen-bond donors (Lipinski definition) is 0. The minimum absolute atomic E-state index is 0.00954. The van der Waals surface area contributed by atoms with Crippen molar-refractivity contribution in [2.45, 2.75) is 31.0 Å². The number of carbonyl (C=O) groups excluding carboxylic acids is 1. The van der Waals surface area contributed by atoms with Crippen molar-refractivity contribution in [1.82, 2.24) is 4.90 Å². The summed E-state index contributed by atoms with van der Waals surface area (Å²) in [5.41, 5.74) is 0. The Bertz CT molecular complexity index is 331. The number of halogens is 4. The number of rotatable bonds is 2. The summed E-state index contributed by atoms with van der Waals surface area (Å²) in [6.07, 6.45) is -3.16. The second kappa shape index (κ2) is 4.65. The lowest BCUT2D eigenvalue weighted by molar-refractivity contribution is -0.210. The maximum Gasteiger partial charge on any atom is 0.383 e. The summed E-state index contributed by atoms with van der Waals surface area (Å²) in [5, 5.41) is 0. The molecule has 0 N–H and O–H groups in total. The van der Waals surface area contributed by atoms with Gasteiger partial charge >= 0.3 is 12.3 Å². The Labute approximate surface area is 101 Å². The van der Waals surface area contributed by atoms with Gasteiger partial charge in [0.1, 0.15) is 0 Å². The maximum absolute atomic E-state index is 13.0. The number of piperidine rings is 1. The molecule has 0 aromatic rings. The van der Waals surface area contributed by atoms with Crippen molar-refractivity contribution in [1.29, 1.82) is 0 Å². The van der Waals surface area contributed by atoms with Crippen LogP contribution in [-0.2, 0) is 14.3 Å². The number of likely N-dealkylation sites (tertiary alicyclic amines) is 1. The van der Waals surface area contributed by atoms with E-state index in [1.54, 1.807) is 0 Å². The van der Waals surface area contributed by atoms with Crippen molar-refractivity contribution in [3.05, 3.63) is 0 Å². The maximum atomic E-state index is 13.0. The zero-order valence-electron chi connectivity index (χ0n) is 9.50. The van der Waals surface area contributed by atoms with Crippen LogP contribution in [0.4, 0.5) is 17.6 Å².